The number of benzene rings is 2. The van der Waals surface area contributed by atoms with Crippen molar-refractivity contribution in [1.29, 1.82) is 0 Å². The highest BCUT2D eigenvalue weighted by atomic mass is 32.2. The molecule has 0 spiro atoms. The number of likely N-dealkylation sites (tertiary alicyclic amines) is 1. The summed E-state index contributed by atoms with van der Waals surface area (Å²) in [5.74, 6) is 1.44. The lowest BCUT2D eigenvalue weighted by atomic mass is 10.1. The Labute approximate surface area is 236 Å². The molecule has 2 aliphatic heterocycles. The van der Waals surface area contributed by atoms with E-state index < -0.39 is 17.1 Å². The summed E-state index contributed by atoms with van der Waals surface area (Å²) in [5, 5.41) is 11.0. The molecule has 2 atom stereocenters. The number of aromatic nitrogens is 2. The summed E-state index contributed by atoms with van der Waals surface area (Å²) in [6, 6.07) is 13.1. The van der Waals surface area contributed by atoms with Gasteiger partial charge in [-0.1, -0.05) is 12.1 Å². The molecule has 1 saturated heterocycles. The zero-order valence-corrected chi connectivity index (χ0v) is 23.2. The summed E-state index contributed by atoms with van der Waals surface area (Å²) in [4.78, 5) is 45.2. The Kier molecular flexibility index (Phi) is 8.24. The Morgan fingerprint density at radius 3 is 2.52 bits per heavy atom. The van der Waals surface area contributed by atoms with Gasteiger partial charge in [-0.3, -0.25) is 19.8 Å². The molecule has 3 heterocycles. The van der Waals surface area contributed by atoms with Crippen LogP contribution in [0.3, 0.4) is 0 Å². The number of hydrogen-bond donors (Lipinski definition) is 0. The van der Waals surface area contributed by atoms with Gasteiger partial charge in [0, 0.05) is 42.8 Å². The fourth-order valence-corrected chi connectivity index (χ4v) is 6.23. The first-order valence-electron chi connectivity index (χ1n) is 13.0. The smallest absolute Gasteiger partial charge is 0.410 e. The van der Waals surface area contributed by atoms with Crippen molar-refractivity contribution < 1.29 is 24.0 Å². The molecule has 0 bridgehead atoms. The van der Waals surface area contributed by atoms with Gasteiger partial charge in [-0.2, -0.15) is 11.8 Å². The van der Waals surface area contributed by atoms with E-state index in [4.69, 9.17) is 9.47 Å². The number of nitrogens with zero attached hydrogens (tertiary/aromatic N) is 5. The van der Waals surface area contributed by atoms with Gasteiger partial charge in [-0.05, 0) is 48.7 Å². The zero-order chi connectivity index (χ0) is 28.2. The van der Waals surface area contributed by atoms with Crippen molar-refractivity contribution in [1.82, 2.24) is 19.4 Å². The predicted molar refractivity (Wildman–Crippen MR) is 149 cm³/mol. The molecule has 2 aromatic carbocycles. The Hall–Kier alpha value is -4.06. The monoisotopic (exact) mass is 565 g/mol. The van der Waals surface area contributed by atoms with E-state index in [1.165, 1.54) is 17.0 Å². The number of amides is 2. The molecule has 1 aromatic heterocycles. The van der Waals surface area contributed by atoms with Gasteiger partial charge in [-0.15, -0.1) is 0 Å². The molecule has 12 heteroatoms. The lowest BCUT2D eigenvalue weighted by molar-refractivity contribution is -0.384. The minimum atomic E-state index is -0.632. The van der Waals surface area contributed by atoms with E-state index in [0.717, 1.165) is 28.5 Å². The number of ether oxygens (including phenoxy) is 2. The Bertz CT molecular complexity index is 1380. The number of methoxy groups -OCH3 is 1. The van der Waals surface area contributed by atoms with Crippen LogP contribution < -0.4 is 4.74 Å². The van der Waals surface area contributed by atoms with Crippen LogP contribution in [0.2, 0.25) is 0 Å². The molecular weight excluding hydrogens is 534 g/mol. The van der Waals surface area contributed by atoms with E-state index >= 15 is 0 Å². The fourth-order valence-electron chi connectivity index (χ4n) is 5.03. The number of hydrogen-bond acceptors (Lipinski definition) is 8. The lowest BCUT2D eigenvalue weighted by Crippen LogP contribution is -2.49. The summed E-state index contributed by atoms with van der Waals surface area (Å²) >= 11 is 1.71. The lowest BCUT2D eigenvalue weighted by Gasteiger charge is -2.33. The first kappa shape index (κ1) is 27.5. The maximum Gasteiger partial charge on any atom is 0.410 e. The van der Waals surface area contributed by atoms with Crippen molar-refractivity contribution in [3.05, 3.63) is 87.5 Å². The van der Waals surface area contributed by atoms with Gasteiger partial charge in [0.2, 0.25) is 5.91 Å². The zero-order valence-electron chi connectivity index (χ0n) is 22.4. The third-order valence-corrected chi connectivity index (χ3v) is 8.67. The van der Waals surface area contributed by atoms with Crippen LogP contribution in [0, 0.1) is 17.0 Å². The summed E-state index contributed by atoms with van der Waals surface area (Å²) in [6.07, 6.45) is 1.76. The number of nitro benzene ring substituents is 1. The number of rotatable bonds is 8. The molecule has 0 saturated carbocycles. The van der Waals surface area contributed by atoms with Crippen molar-refractivity contribution >= 4 is 29.4 Å². The Balaban J connectivity index is 1.27. The highest BCUT2D eigenvalue weighted by Gasteiger charge is 2.43. The van der Waals surface area contributed by atoms with E-state index in [-0.39, 0.29) is 23.5 Å². The topological polar surface area (TPSA) is 120 Å². The average Bonchev–Trinajstić information content (AvgIpc) is 3.58. The molecular formula is C28H31N5O6S. The highest BCUT2D eigenvalue weighted by molar-refractivity contribution is 7.99. The van der Waals surface area contributed by atoms with Crippen LogP contribution in [0.5, 0.6) is 5.75 Å². The number of imidazole rings is 1. The van der Waals surface area contributed by atoms with Gasteiger partial charge >= 0.3 is 6.09 Å². The van der Waals surface area contributed by atoms with Crippen LogP contribution in [0.25, 0.3) is 0 Å². The second-order valence-corrected chi connectivity index (χ2v) is 11.2. The molecule has 11 nitrogen and oxygen atoms in total. The first-order valence-corrected chi connectivity index (χ1v) is 14.1. The number of fused-ring (bicyclic) bond motifs is 1. The molecule has 0 unspecified atom stereocenters. The predicted octanol–water partition coefficient (Wildman–Crippen LogP) is 4.16. The van der Waals surface area contributed by atoms with Crippen molar-refractivity contribution in [2.45, 2.75) is 50.1 Å². The van der Waals surface area contributed by atoms with Crippen molar-refractivity contribution in [2.24, 2.45) is 0 Å². The number of non-ortho nitro benzene ring substituents is 1. The third kappa shape index (κ3) is 6.06. The maximum atomic E-state index is 13.8. The molecule has 0 N–H and O–H groups in total. The summed E-state index contributed by atoms with van der Waals surface area (Å²) < 4.78 is 12.9. The molecule has 210 valence electrons. The second kappa shape index (κ2) is 12.0. The second-order valence-electron chi connectivity index (χ2n) is 9.89. The van der Waals surface area contributed by atoms with E-state index in [2.05, 4.69) is 9.55 Å². The average molecular weight is 566 g/mol. The first-order chi connectivity index (χ1) is 19.3. The van der Waals surface area contributed by atoms with Gasteiger partial charge in [0.1, 0.15) is 18.4 Å². The fraction of sp³-hybridized carbons (Fsp3) is 0.393. The Morgan fingerprint density at radius 1 is 1.10 bits per heavy atom. The number of carbonyl (C=O) groups is 2. The number of aryl methyl sites for hydroxylation is 1. The van der Waals surface area contributed by atoms with Gasteiger partial charge in [0.25, 0.3) is 5.69 Å². The van der Waals surface area contributed by atoms with Gasteiger partial charge < -0.3 is 18.9 Å². The third-order valence-electron chi connectivity index (χ3n) is 7.35. The standard InChI is InChI=1S/C28H31N5O6S/c1-19-26-15-30(11-12-31(26)18-29-19)27(34)25-13-24(40-17-21-5-9-23(38-2)10-6-21)14-32(25)28(35)39-16-20-3-7-22(8-4-20)33(36)37/h3-10,18,24-25H,11-17H2,1-2H3/t24-,25-/m0/s1. The number of nitro groups is 1. The van der Waals surface area contributed by atoms with Crippen molar-refractivity contribution in [3.63, 3.8) is 0 Å². The molecule has 40 heavy (non-hydrogen) atoms. The van der Waals surface area contributed by atoms with Crippen LogP contribution >= 0.6 is 11.8 Å². The summed E-state index contributed by atoms with van der Waals surface area (Å²) in [5.41, 5.74) is 3.64. The van der Waals surface area contributed by atoms with E-state index in [0.29, 0.717) is 38.2 Å². The summed E-state index contributed by atoms with van der Waals surface area (Å²) in [7, 11) is 1.63. The molecule has 1 fully saturated rings. The molecule has 3 aromatic rings. The van der Waals surface area contributed by atoms with E-state index in [9.17, 15) is 19.7 Å². The van der Waals surface area contributed by atoms with Crippen LogP contribution in [0.15, 0.2) is 54.9 Å². The van der Waals surface area contributed by atoms with E-state index in [1.807, 2.05) is 36.1 Å². The van der Waals surface area contributed by atoms with E-state index in [1.54, 1.807) is 37.3 Å². The molecule has 0 radical (unpaired) electrons. The molecule has 0 aliphatic carbocycles. The van der Waals surface area contributed by atoms with Crippen LogP contribution in [-0.4, -0.2) is 67.8 Å². The minimum Gasteiger partial charge on any atom is -0.497 e. The number of thioether (sulfide) groups is 1. The van der Waals surface area contributed by atoms with Crippen molar-refractivity contribution in [3.8, 4) is 5.75 Å². The quantitative estimate of drug-likeness (QED) is 0.295. The Morgan fingerprint density at radius 2 is 1.82 bits per heavy atom. The SMILES string of the molecule is COc1ccc(CS[C@H]2C[C@@H](C(=O)N3CCn4cnc(C)c4C3)N(C(=O)OCc3ccc([N+](=O)[O-])cc3)C2)cc1. The highest BCUT2D eigenvalue weighted by Crippen LogP contribution is 2.33. The maximum absolute atomic E-state index is 13.8. The minimum absolute atomic E-state index is 0.0323. The molecule has 2 amide bonds. The molecule has 5 rings (SSSR count). The largest absolute Gasteiger partial charge is 0.497 e. The molecule has 2 aliphatic rings. The van der Waals surface area contributed by atoms with Gasteiger partial charge in [0.05, 0.1) is 36.3 Å². The van der Waals surface area contributed by atoms with Crippen LogP contribution in [0.1, 0.15) is 28.9 Å². The van der Waals surface area contributed by atoms with Crippen LogP contribution in [0.4, 0.5) is 10.5 Å². The summed E-state index contributed by atoms with van der Waals surface area (Å²) in [6.45, 7) is 3.95. The normalized spacial score (nSPS) is 18.4. The van der Waals surface area contributed by atoms with Crippen molar-refractivity contribution in [2.75, 3.05) is 20.2 Å². The van der Waals surface area contributed by atoms with Gasteiger partial charge in [0.15, 0.2) is 0 Å². The van der Waals surface area contributed by atoms with Gasteiger partial charge in [-0.25, -0.2) is 9.78 Å². The van der Waals surface area contributed by atoms with Crippen LogP contribution in [-0.2, 0) is 35.0 Å². The number of carbonyl (C=O) groups excluding carboxylic acids is 2.